The fraction of sp³-hybridized carbons (Fsp3) is 0.0800. The van der Waals surface area contributed by atoms with Crippen LogP contribution < -0.4 is 16.1 Å². The normalized spacial score (nSPS) is 10.7. The van der Waals surface area contributed by atoms with Gasteiger partial charge in [-0.3, -0.25) is 19.8 Å². The number of amides is 3. The molecule has 0 atom stereocenters. The summed E-state index contributed by atoms with van der Waals surface area (Å²) in [5.74, 6) is -2.29. The maximum Gasteiger partial charge on any atom is 0.328 e. The zero-order valence-electron chi connectivity index (χ0n) is 18.3. The van der Waals surface area contributed by atoms with E-state index in [9.17, 15) is 14.4 Å². The fourth-order valence-corrected chi connectivity index (χ4v) is 3.94. The standard InChI is InChI=1S/C25H20BrClN4O3/c1-14-7-9-18(11-15(14)2)28-24(33)25(34)30-31-21-10-8-17(26)12-16(21)13-22(31)23(32)29-20-6-4-3-5-19(20)27/h3-13H,1-2H3,(H,28,33)(H,29,32)(H,30,34). The molecule has 3 amide bonds. The molecule has 34 heavy (non-hydrogen) atoms. The van der Waals surface area contributed by atoms with Crippen LogP contribution in [0.25, 0.3) is 10.9 Å². The highest BCUT2D eigenvalue weighted by Crippen LogP contribution is 2.25. The van der Waals surface area contributed by atoms with E-state index in [0.717, 1.165) is 15.6 Å². The highest BCUT2D eigenvalue weighted by molar-refractivity contribution is 9.10. The summed E-state index contributed by atoms with van der Waals surface area (Å²) in [5.41, 5.74) is 6.18. The van der Waals surface area contributed by atoms with E-state index in [4.69, 9.17) is 11.6 Å². The van der Waals surface area contributed by atoms with Crippen LogP contribution in [0.5, 0.6) is 0 Å². The molecule has 0 aliphatic rings. The molecule has 1 aromatic heterocycles. The Bertz CT molecular complexity index is 1450. The molecule has 0 saturated carbocycles. The Hall–Kier alpha value is -3.62. The van der Waals surface area contributed by atoms with Gasteiger partial charge in [0, 0.05) is 15.5 Å². The van der Waals surface area contributed by atoms with E-state index in [-0.39, 0.29) is 5.69 Å². The smallest absolute Gasteiger partial charge is 0.319 e. The van der Waals surface area contributed by atoms with Gasteiger partial charge in [-0.1, -0.05) is 45.7 Å². The van der Waals surface area contributed by atoms with Crippen molar-refractivity contribution in [2.45, 2.75) is 13.8 Å². The summed E-state index contributed by atoms with van der Waals surface area (Å²) in [7, 11) is 0. The largest absolute Gasteiger partial charge is 0.328 e. The molecule has 0 aliphatic carbocycles. The van der Waals surface area contributed by atoms with Gasteiger partial charge in [0.1, 0.15) is 5.69 Å². The molecule has 0 fully saturated rings. The molecule has 0 radical (unpaired) electrons. The summed E-state index contributed by atoms with van der Waals surface area (Å²) in [6.07, 6.45) is 0. The Balaban J connectivity index is 1.63. The number of carbonyl (C=O) groups is 3. The zero-order valence-corrected chi connectivity index (χ0v) is 20.6. The minimum atomic E-state index is -0.926. The molecule has 0 aliphatic heterocycles. The summed E-state index contributed by atoms with van der Waals surface area (Å²) in [6.45, 7) is 3.87. The average Bonchev–Trinajstić information content (AvgIpc) is 3.15. The number of para-hydroxylation sites is 1. The van der Waals surface area contributed by atoms with Crippen LogP contribution in [0.1, 0.15) is 21.6 Å². The minimum absolute atomic E-state index is 0.125. The maximum atomic E-state index is 13.1. The molecule has 1 heterocycles. The van der Waals surface area contributed by atoms with Crippen molar-refractivity contribution in [2.75, 3.05) is 16.1 Å². The van der Waals surface area contributed by atoms with Crippen LogP contribution >= 0.6 is 27.5 Å². The van der Waals surface area contributed by atoms with Crippen LogP contribution in [-0.4, -0.2) is 22.4 Å². The summed E-state index contributed by atoms with van der Waals surface area (Å²) in [4.78, 5) is 38.4. The number of aromatic nitrogens is 1. The number of hydrogen-bond donors (Lipinski definition) is 3. The third-order valence-electron chi connectivity index (χ3n) is 5.30. The second kappa shape index (κ2) is 9.70. The number of anilines is 2. The van der Waals surface area contributed by atoms with Gasteiger partial charge in [-0.15, -0.1) is 0 Å². The Labute approximate surface area is 209 Å². The number of carbonyl (C=O) groups excluding carboxylic acids is 3. The van der Waals surface area contributed by atoms with Gasteiger partial charge >= 0.3 is 11.8 Å². The second-order valence-electron chi connectivity index (χ2n) is 7.70. The number of nitrogens with zero attached hydrogens (tertiary/aromatic N) is 1. The van der Waals surface area contributed by atoms with Gasteiger partial charge in [0.05, 0.1) is 16.2 Å². The van der Waals surface area contributed by atoms with E-state index in [2.05, 4.69) is 32.0 Å². The first-order valence-electron chi connectivity index (χ1n) is 10.3. The van der Waals surface area contributed by atoms with E-state index >= 15 is 0 Å². The molecular weight excluding hydrogens is 520 g/mol. The molecule has 7 nitrogen and oxygen atoms in total. The molecule has 0 bridgehead atoms. The molecule has 9 heteroatoms. The van der Waals surface area contributed by atoms with Crippen LogP contribution in [-0.2, 0) is 9.59 Å². The first-order chi connectivity index (χ1) is 16.2. The molecule has 3 N–H and O–H groups in total. The van der Waals surface area contributed by atoms with E-state index in [0.29, 0.717) is 27.3 Å². The lowest BCUT2D eigenvalue weighted by atomic mass is 10.1. The van der Waals surface area contributed by atoms with Crippen molar-refractivity contribution in [3.05, 3.63) is 93.0 Å². The number of aryl methyl sites for hydroxylation is 2. The Morgan fingerprint density at radius 2 is 1.62 bits per heavy atom. The third kappa shape index (κ3) is 4.98. The van der Waals surface area contributed by atoms with Crippen LogP contribution in [0.15, 0.2) is 71.2 Å². The maximum absolute atomic E-state index is 13.1. The monoisotopic (exact) mass is 538 g/mol. The summed E-state index contributed by atoms with van der Waals surface area (Å²) in [6, 6.07) is 19.1. The molecule has 0 spiro atoms. The SMILES string of the molecule is Cc1ccc(NC(=O)C(=O)Nn2c(C(=O)Nc3ccccc3Cl)cc3cc(Br)ccc32)cc1C. The lowest BCUT2D eigenvalue weighted by molar-refractivity contribution is -0.133. The Morgan fingerprint density at radius 3 is 2.35 bits per heavy atom. The minimum Gasteiger partial charge on any atom is -0.319 e. The summed E-state index contributed by atoms with van der Waals surface area (Å²) >= 11 is 9.58. The van der Waals surface area contributed by atoms with E-state index in [1.54, 1.807) is 60.7 Å². The molecule has 0 unspecified atom stereocenters. The first kappa shape index (κ1) is 23.5. The third-order valence-corrected chi connectivity index (χ3v) is 6.13. The van der Waals surface area contributed by atoms with Gasteiger partial charge in [-0.2, -0.15) is 0 Å². The zero-order chi connectivity index (χ0) is 24.4. The van der Waals surface area contributed by atoms with Gasteiger partial charge in [0.15, 0.2) is 0 Å². The quantitative estimate of drug-likeness (QED) is 0.293. The average molecular weight is 540 g/mol. The molecule has 4 rings (SSSR count). The number of benzene rings is 3. The molecule has 3 aromatic carbocycles. The highest BCUT2D eigenvalue weighted by Gasteiger charge is 2.21. The number of nitrogens with one attached hydrogen (secondary N) is 3. The number of halogens is 2. The predicted molar refractivity (Wildman–Crippen MR) is 138 cm³/mol. The number of fused-ring (bicyclic) bond motifs is 1. The van der Waals surface area contributed by atoms with Crippen molar-refractivity contribution in [1.29, 1.82) is 0 Å². The molecular formula is C25H20BrClN4O3. The van der Waals surface area contributed by atoms with Crippen molar-refractivity contribution in [3.63, 3.8) is 0 Å². The van der Waals surface area contributed by atoms with Gasteiger partial charge in [-0.25, -0.2) is 4.68 Å². The first-order valence-corrected chi connectivity index (χ1v) is 11.5. The van der Waals surface area contributed by atoms with E-state index in [1.807, 2.05) is 19.9 Å². The summed E-state index contributed by atoms with van der Waals surface area (Å²) < 4.78 is 2.09. The van der Waals surface area contributed by atoms with E-state index in [1.165, 1.54) is 4.68 Å². The Kier molecular flexibility index (Phi) is 6.72. The summed E-state index contributed by atoms with van der Waals surface area (Å²) in [5, 5.41) is 6.39. The van der Waals surface area contributed by atoms with Crippen molar-refractivity contribution >= 4 is 67.5 Å². The number of hydrogen-bond acceptors (Lipinski definition) is 3. The molecule has 172 valence electrons. The molecule has 0 saturated heterocycles. The van der Waals surface area contributed by atoms with Gasteiger partial charge < -0.3 is 10.6 Å². The van der Waals surface area contributed by atoms with Crippen LogP contribution in [0.2, 0.25) is 5.02 Å². The lowest BCUT2D eigenvalue weighted by Crippen LogP contribution is -2.36. The van der Waals surface area contributed by atoms with Crippen LogP contribution in [0.3, 0.4) is 0 Å². The fourth-order valence-electron chi connectivity index (χ4n) is 3.38. The topological polar surface area (TPSA) is 92.2 Å². The van der Waals surface area contributed by atoms with Crippen molar-refractivity contribution in [3.8, 4) is 0 Å². The van der Waals surface area contributed by atoms with Crippen molar-refractivity contribution in [1.82, 2.24) is 4.68 Å². The second-order valence-corrected chi connectivity index (χ2v) is 9.02. The predicted octanol–water partition coefficient (Wildman–Crippen LogP) is 5.64. The van der Waals surface area contributed by atoms with Crippen LogP contribution in [0, 0.1) is 13.8 Å². The highest BCUT2D eigenvalue weighted by atomic mass is 79.9. The van der Waals surface area contributed by atoms with E-state index < -0.39 is 17.7 Å². The van der Waals surface area contributed by atoms with Gasteiger partial charge in [0.2, 0.25) is 0 Å². The van der Waals surface area contributed by atoms with Crippen molar-refractivity contribution in [2.24, 2.45) is 0 Å². The van der Waals surface area contributed by atoms with Gasteiger partial charge in [-0.05, 0) is 73.5 Å². The number of rotatable bonds is 4. The van der Waals surface area contributed by atoms with Gasteiger partial charge in [0.25, 0.3) is 5.91 Å². The van der Waals surface area contributed by atoms with Crippen molar-refractivity contribution < 1.29 is 14.4 Å². The molecule has 4 aromatic rings. The lowest BCUT2D eigenvalue weighted by Gasteiger charge is -2.13. The Morgan fingerprint density at radius 1 is 0.853 bits per heavy atom. The van der Waals surface area contributed by atoms with Crippen LogP contribution in [0.4, 0.5) is 11.4 Å².